The average Bonchev–Trinajstić information content (AvgIpc) is 3.11. The van der Waals surface area contributed by atoms with Crippen LogP contribution in [0.3, 0.4) is 0 Å². The van der Waals surface area contributed by atoms with Crippen LogP contribution >= 0.6 is 15.9 Å². The van der Waals surface area contributed by atoms with Crippen molar-refractivity contribution >= 4 is 39.6 Å². The molecule has 0 unspecified atom stereocenters. The van der Waals surface area contributed by atoms with Crippen LogP contribution in [-0.4, -0.2) is 29.8 Å². The van der Waals surface area contributed by atoms with E-state index in [0.29, 0.717) is 39.7 Å². The van der Waals surface area contributed by atoms with E-state index in [1.54, 1.807) is 38.3 Å². The third-order valence-corrected chi connectivity index (χ3v) is 5.06. The molecule has 1 N–H and O–H groups in total. The van der Waals surface area contributed by atoms with Crippen molar-refractivity contribution in [2.24, 2.45) is 4.99 Å². The molecular formula is C22H18BrN3O4. The van der Waals surface area contributed by atoms with Crippen LogP contribution in [0.4, 0.5) is 0 Å². The number of halogens is 1. The van der Waals surface area contributed by atoms with E-state index in [0.717, 1.165) is 5.56 Å². The van der Waals surface area contributed by atoms with Gasteiger partial charge < -0.3 is 14.3 Å². The third-order valence-electron chi connectivity index (χ3n) is 4.47. The first-order chi connectivity index (χ1) is 14.5. The van der Waals surface area contributed by atoms with E-state index in [4.69, 9.17) is 19.7 Å². The lowest BCUT2D eigenvalue weighted by atomic mass is 10.1. The second-order valence-electron chi connectivity index (χ2n) is 6.63. The Morgan fingerprint density at radius 2 is 2.03 bits per heavy atom. The van der Waals surface area contributed by atoms with E-state index in [1.807, 2.05) is 30.3 Å². The second-order valence-corrected chi connectivity index (χ2v) is 7.49. The van der Waals surface area contributed by atoms with Gasteiger partial charge in [-0.2, -0.15) is 4.99 Å². The van der Waals surface area contributed by atoms with E-state index in [-0.39, 0.29) is 11.4 Å². The largest absolute Gasteiger partial charge is 0.493 e. The van der Waals surface area contributed by atoms with Gasteiger partial charge in [-0.3, -0.25) is 10.2 Å². The van der Waals surface area contributed by atoms with Crippen molar-refractivity contribution < 1.29 is 19.1 Å². The van der Waals surface area contributed by atoms with Gasteiger partial charge in [-0.05, 0) is 52.2 Å². The minimum absolute atomic E-state index is 0.0717. The molecule has 2 aromatic carbocycles. The molecule has 0 bridgehead atoms. The fraction of sp³-hybridized carbons (Fsp3) is 0.136. The van der Waals surface area contributed by atoms with Crippen LogP contribution in [-0.2, 0) is 16.2 Å². The third kappa shape index (κ3) is 3.86. The molecule has 8 heteroatoms. The number of carbonyl (C=O) groups excluding carboxylic acids is 1. The average molecular weight is 468 g/mol. The second kappa shape index (κ2) is 8.16. The first-order valence-electron chi connectivity index (χ1n) is 9.10. The quantitative estimate of drug-likeness (QED) is 0.654. The zero-order chi connectivity index (χ0) is 21.3. The van der Waals surface area contributed by atoms with Crippen LogP contribution in [0.15, 0.2) is 69.3 Å². The zero-order valence-electron chi connectivity index (χ0n) is 16.3. The number of amides is 1. The van der Waals surface area contributed by atoms with Crippen molar-refractivity contribution in [1.82, 2.24) is 5.06 Å². The van der Waals surface area contributed by atoms with Gasteiger partial charge in [-0.25, -0.2) is 0 Å². The molecule has 0 saturated heterocycles. The van der Waals surface area contributed by atoms with Crippen LogP contribution in [0.1, 0.15) is 18.1 Å². The molecule has 0 saturated carbocycles. The van der Waals surface area contributed by atoms with Gasteiger partial charge in [0.2, 0.25) is 0 Å². The number of benzene rings is 2. The Hall–Kier alpha value is -3.39. The Morgan fingerprint density at radius 3 is 2.77 bits per heavy atom. The molecule has 30 heavy (non-hydrogen) atoms. The topological polar surface area (TPSA) is 84.2 Å². The number of allylic oxidation sites excluding steroid dienone is 1. The fourth-order valence-corrected chi connectivity index (χ4v) is 3.63. The Bertz CT molecular complexity index is 1120. The summed E-state index contributed by atoms with van der Waals surface area (Å²) < 4.78 is 12.1. The van der Waals surface area contributed by atoms with Crippen LogP contribution < -0.4 is 9.47 Å². The Morgan fingerprint density at radius 1 is 1.27 bits per heavy atom. The fourth-order valence-electron chi connectivity index (χ4n) is 3.06. The molecule has 1 amide bonds. The van der Waals surface area contributed by atoms with Crippen LogP contribution in [0, 0.1) is 5.41 Å². The molecule has 0 aliphatic carbocycles. The molecule has 0 spiro atoms. The number of fused-ring (bicyclic) bond motifs is 1. The number of nitrogens with one attached hydrogen (secondary N) is 1. The van der Waals surface area contributed by atoms with Crippen LogP contribution in [0.25, 0.3) is 6.08 Å². The molecule has 2 heterocycles. The highest BCUT2D eigenvalue weighted by Gasteiger charge is 2.34. The molecular weight excluding hydrogens is 450 g/mol. The highest BCUT2D eigenvalue weighted by Crippen LogP contribution is 2.38. The summed E-state index contributed by atoms with van der Waals surface area (Å²) in [7, 11) is 1.55. The van der Waals surface area contributed by atoms with Crippen molar-refractivity contribution in [2.75, 3.05) is 7.11 Å². The summed E-state index contributed by atoms with van der Waals surface area (Å²) in [4.78, 5) is 21.9. The Balaban J connectivity index is 1.62. The van der Waals surface area contributed by atoms with Crippen molar-refractivity contribution in [3.63, 3.8) is 0 Å². The number of aliphatic imine (C=N–C) groups is 1. The number of carbonyl (C=O) groups is 1. The smallest absolute Gasteiger partial charge is 0.282 e. The summed E-state index contributed by atoms with van der Waals surface area (Å²) >= 11 is 3.52. The molecule has 2 aliphatic heterocycles. The number of ether oxygens (including phenoxy) is 2. The molecule has 0 radical (unpaired) electrons. The number of methoxy groups -OCH3 is 1. The molecule has 152 valence electrons. The molecule has 0 fully saturated rings. The minimum atomic E-state index is -0.500. The number of hydrogen-bond donors (Lipinski definition) is 1. The number of nitrogens with zero attached hydrogens (tertiary/aromatic N) is 2. The Labute approximate surface area is 181 Å². The Kier molecular flexibility index (Phi) is 5.41. The normalized spacial score (nSPS) is 16.8. The predicted octanol–water partition coefficient (Wildman–Crippen LogP) is 4.49. The molecule has 0 atom stereocenters. The van der Waals surface area contributed by atoms with E-state index in [1.165, 1.54) is 5.06 Å². The van der Waals surface area contributed by atoms with E-state index in [9.17, 15) is 4.79 Å². The molecule has 0 aromatic heterocycles. The lowest BCUT2D eigenvalue weighted by molar-refractivity contribution is -0.114. The monoisotopic (exact) mass is 467 g/mol. The van der Waals surface area contributed by atoms with E-state index in [2.05, 4.69) is 20.9 Å². The standard InChI is InChI=1S/C22H18BrN3O4/c1-13-8-19-25-22(27)16(21(24)26(19)30-13)9-15-10-17(23)20(18(11-15)28-2)29-12-14-6-4-3-5-7-14/h3-11,24H,12H2,1-2H3/b16-9+,24-21?. The van der Waals surface area contributed by atoms with Gasteiger partial charge in [0.05, 0.1) is 17.2 Å². The summed E-state index contributed by atoms with van der Waals surface area (Å²) in [6.45, 7) is 2.12. The SMILES string of the molecule is COc1cc(/C=C2\C(=N)N3OC(C)=CC3=NC2=O)cc(Br)c1OCc1ccccc1. The van der Waals surface area contributed by atoms with E-state index >= 15 is 0 Å². The summed E-state index contributed by atoms with van der Waals surface area (Å²) in [5.41, 5.74) is 1.80. The summed E-state index contributed by atoms with van der Waals surface area (Å²) in [6.07, 6.45) is 3.19. The summed E-state index contributed by atoms with van der Waals surface area (Å²) in [5.74, 6) is 1.36. The van der Waals surface area contributed by atoms with Gasteiger partial charge in [0, 0.05) is 6.08 Å². The predicted molar refractivity (Wildman–Crippen MR) is 116 cm³/mol. The maximum atomic E-state index is 12.4. The van der Waals surface area contributed by atoms with Crippen molar-refractivity contribution in [3.8, 4) is 11.5 Å². The number of amidine groups is 2. The lowest BCUT2D eigenvalue weighted by Crippen LogP contribution is -2.38. The number of hydroxylamine groups is 2. The zero-order valence-corrected chi connectivity index (χ0v) is 17.9. The van der Waals surface area contributed by atoms with Gasteiger partial charge in [0.25, 0.3) is 5.91 Å². The molecule has 2 aliphatic rings. The molecule has 4 rings (SSSR count). The first-order valence-corrected chi connectivity index (χ1v) is 9.90. The lowest BCUT2D eigenvalue weighted by Gasteiger charge is -2.23. The van der Waals surface area contributed by atoms with Gasteiger partial charge >= 0.3 is 0 Å². The highest BCUT2D eigenvalue weighted by atomic mass is 79.9. The summed E-state index contributed by atoms with van der Waals surface area (Å²) in [5, 5.41) is 9.56. The summed E-state index contributed by atoms with van der Waals surface area (Å²) in [6, 6.07) is 13.3. The minimum Gasteiger partial charge on any atom is -0.493 e. The number of rotatable bonds is 5. The van der Waals surface area contributed by atoms with Crippen molar-refractivity contribution in [2.45, 2.75) is 13.5 Å². The van der Waals surface area contributed by atoms with Gasteiger partial charge in [0.15, 0.2) is 23.2 Å². The molecule has 7 nitrogen and oxygen atoms in total. The first kappa shape index (κ1) is 19.9. The van der Waals surface area contributed by atoms with Gasteiger partial charge in [0.1, 0.15) is 12.4 Å². The highest BCUT2D eigenvalue weighted by molar-refractivity contribution is 9.10. The van der Waals surface area contributed by atoms with Gasteiger partial charge in [-0.1, -0.05) is 30.3 Å². The maximum absolute atomic E-state index is 12.4. The number of hydrogen-bond acceptors (Lipinski definition) is 5. The van der Waals surface area contributed by atoms with Crippen molar-refractivity contribution in [3.05, 3.63) is 75.5 Å². The van der Waals surface area contributed by atoms with Crippen LogP contribution in [0.2, 0.25) is 0 Å². The molecule has 2 aromatic rings. The maximum Gasteiger partial charge on any atom is 0.282 e. The van der Waals surface area contributed by atoms with Crippen molar-refractivity contribution in [1.29, 1.82) is 5.41 Å². The van der Waals surface area contributed by atoms with Gasteiger partial charge in [-0.15, -0.1) is 5.06 Å². The van der Waals surface area contributed by atoms with E-state index < -0.39 is 5.91 Å². The van der Waals surface area contributed by atoms with Crippen LogP contribution in [0.5, 0.6) is 11.5 Å².